The fourth-order valence-corrected chi connectivity index (χ4v) is 3.05. The van der Waals surface area contributed by atoms with Gasteiger partial charge in [0.2, 0.25) is 5.91 Å². The standard InChI is InChI=1S/C21H23NO6/c1-26-17-5-3-7-19(12-17)28-9-8-27-18-6-2-4-15(10-18)13-22-14-16(21(24)25)11-20(22)23/h2-7,10,12,16H,8-9,11,13-14H2,1H3,(H,24,25). The molecular weight excluding hydrogens is 362 g/mol. The van der Waals surface area contributed by atoms with E-state index in [-0.39, 0.29) is 18.9 Å². The maximum atomic E-state index is 12.0. The SMILES string of the molecule is COc1cccc(OCCOc2cccc(CN3CC(C(=O)O)CC3=O)c2)c1. The zero-order valence-electron chi connectivity index (χ0n) is 15.7. The van der Waals surface area contributed by atoms with Gasteiger partial charge in [0.15, 0.2) is 0 Å². The molecule has 28 heavy (non-hydrogen) atoms. The number of methoxy groups -OCH3 is 1. The summed E-state index contributed by atoms with van der Waals surface area (Å²) in [6.07, 6.45) is 0.0626. The molecule has 1 aliphatic heterocycles. The lowest BCUT2D eigenvalue weighted by molar-refractivity contribution is -0.141. The van der Waals surface area contributed by atoms with Gasteiger partial charge in [0.25, 0.3) is 0 Å². The fraction of sp³-hybridized carbons (Fsp3) is 0.333. The molecule has 0 saturated carbocycles. The van der Waals surface area contributed by atoms with Crippen LogP contribution in [0, 0.1) is 5.92 Å². The molecule has 1 fully saturated rings. The molecule has 1 unspecified atom stereocenters. The summed E-state index contributed by atoms with van der Waals surface area (Å²) in [6, 6.07) is 14.8. The number of benzene rings is 2. The smallest absolute Gasteiger partial charge is 0.308 e. The molecular formula is C21H23NO6. The number of carboxylic acid groups (broad SMARTS) is 1. The Kier molecular flexibility index (Phi) is 6.37. The highest BCUT2D eigenvalue weighted by Gasteiger charge is 2.34. The van der Waals surface area contributed by atoms with Crippen LogP contribution in [0.15, 0.2) is 48.5 Å². The molecule has 0 aromatic heterocycles. The molecule has 1 aliphatic rings. The highest BCUT2D eigenvalue weighted by molar-refractivity contribution is 5.86. The number of ether oxygens (including phenoxy) is 3. The molecule has 7 heteroatoms. The zero-order chi connectivity index (χ0) is 19.9. The Hall–Kier alpha value is -3.22. The van der Waals surface area contributed by atoms with E-state index >= 15 is 0 Å². The number of hydrogen-bond acceptors (Lipinski definition) is 5. The van der Waals surface area contributed by atoms with E-state index in [1.54, 1.807) is 18.1 Å². The summed E-state index contributed by atoms with van der Waals surface area (Å²) in [6.45, 7) is 1.36. The van der Waals surface area contributed by atoms with E-state index in [4.69, 9.17) is 19.3 Å². The lowest BCUT2D eigenvalue weighted by atomic mass is 10.1. The van der Waals surface area contributed by atoms with Gasteiger partial charge in [-0.2, -0.15) is 0 Å². The number of nitrogens with zero attached hydrogens (tertiary/aromatic N) is 1. The van der Waals surface area contributed by atoms with Gasteiger partial charge in [-0.3, -0.25) is 9.59 Å². The average molecular weight is 385 g/mol. The quantitative estimate of drug-likeness (QED) is 0.668. The first-order chi connectivity index (χ1) is 13.5. The van der Waals surface area contributed by atoms with Crippen molar-refractivity contribution in [3.63, 3.8) is 0 Å². The molecule has 1 saturated heterocycles. The maximum Gasteiger partial charge on any atom is 0.308 e. The van der Waals surface area contributed by atoms with Crippen LogP contribution in [-0.2, 0) is 16.1 Å². The van der Waals surface area contributed by atoms with Gasteiger partial charge >= 0.3 is 5.97 Å². The van der Waals surface area contributed by atoms with Crippen LogP contribution in [-0.4, -0.2) is 48.8 Å². The van der Waals surface area contributed by atoms with Gasteiger partial charge in [-0.1, -0.05) is 18.2 Å². The van der Waals surface area contributed by atoms with Crippen molar-refractivity contribution < 1.29 is 28.9 Å². The number of likely N-dealkylation sites (tertiary alicyclic amines) is 1. The van der Waals surface area contributed by atoms with E-state index in [1.165, 1.54) is 0 Å². The van der Waals surface area contributed by atoms with Crippen molar-refractivity contribution in [1.82, 2.24) is 4.90 Å². The molecule has 1 atom stereocenters. The van der Waals surface area contributed by atoms with Gasteiger partial charge in [-0.25, -0.2) is 0 Å². The largest absolute Gasteiger partial charge is 0.497 e. The first kappa shape index (κ1) is 19.5. The minimum atomic E-state index is -0.927. The minimum Gasteiger partial charge on any atom is -0.497 e. The van der Waals surface area contributed by atoms with Crippen LogP contribution in [0.25, 0.3) is 0 Å². The molecule has 1 N–H and O–H groups in total. The van der Waals surface area contributed by atoms with Gasteiger partial charge in [0, 0.05) is 25.6 Å². The normalized spacial score (nSPS) is 16.1. The molecule has 1 heterocycles. The number of aliphatic carboxylic acids is 1. The molecule has 2 aromatic rings. The molecule has 0 aliphatic carbocycles. The van der Waals surface area contributed by atoms with Crippen molar-refractivity contribution >= 4 is 11.9 Å². The Balaban J connectivity index is 1.48. The Morgan fingerprint density at radius 2 is 1.71 bits per heavy atom. The Bertz CT molecular complexity index is 837. The summed E-state index contributed by atoms with van der Waals surface area (Å²) < 4.78 is 16.5. The second kappa shape index (κ2) is 9.12. The molecule has 2 aromatic carbocycles. The molecule has 148 valence electrons. The second-order valence-electron chi connectivity index (χ2n) is 6.54. The van der Waals surface area contributed by atoms with E-state index in [9.17, 15) is 9.59 Å². The van der Waals surface area contributed by atoms with E-state index in [2.05, 4.69) is 0 Å². The van der Waals surface area contributed by atoms with Crippen molar-refractivity contribution in [3.8, 4) is 17.2 Å². The van der Waals surface area contributed by atoms with Crippen molar-refractivity contribution in [2.45, 2.75) is 13.0 Å². The van der Waals surface area contributed by atoms with Crippen LogP contribution in [0.4, 0.5) is 0 Å². The Labute approximate surface area is 163 Å². The second-order valence-corrected chi connectivity index (χ2v) is 6.54. The number of amides is 1. The monoisotopic (exact) mass is 385 g/mol. The van der Waals surface area contributed by atoms with Crippen LogP contribution >= 0.6 is 0 Å². The van der Waals surface area contributed by atoms with Crippen LogP contribution < -0.4 is 14.2 Å². The molecule has 0 spiro atoms. The number of rotatable bonds is 9. The Morgan fingerprint density at radius 1 is 1.07 bits per heavy atom. The summed E-state index contributed by atoms with van der Waals surface area (Å²) >= 11 is 0. The summed E-state index contributed by atoms with van der Waals surface area (Å²) in [5.41, 5.74) is 0.894. The van der Waals surface area contributed by atoms with E-state index in [0.717, 1.165) is 11.3 Å². The molecule has 1 amide bonds. The molecule has 7 nitrogen and oxygen atoms in total. The Morgan fingerprint density at radius 3 is 2.36 bits per heavy atom. The molecule has 3 rings (SSSR count). The summed E-state index contributed by atoms with van der Waals surface area (Å²) in [4.78, 5) is 24.6. The lowest BCUT2D eigenvalue weighted by Gasteiger charge is -2.16. The van der Waals surface area contributed by atoms with E-state index < -0.39 is 11.9 Å². The lowest BCUT2D eigenvalue weighted by Crippen LogP contribution is -2.25. The molecule has 0 radical (unpaired) electrons. The zero-order valence-corrected chi connectivity index (χ0v) is 15.7. The topological polar surface area (TPSA) is 85.3 Å². The average Bonchev–Trinajstić information content (AvgIpc) is 3.06. The number of carbonyl (C=O) groups is 2. The van der Waals surface area contributed by atoms with Crippen LogP contribution in [0.2, 0.25) is 0 Å². The number of hydrogen-bond donors (Lipinski definition) is 1. The first-order valence-electron chi connectivity index (χ1n) is 9.04. The van der Waals surface area contributed by atoms with Crippen molar-refractivity contribution in [2.24, 2.45) is 5.92 Å². The third kappa shape index (κ3) is 5.16. The molecule has 0 bridgehead atoms. The maximum absolute atomic E-state index is 12.0. The summed E-state index contributed by atoms with van der Waals surface area (Å²) in [7, 11) is 1.60. The van der Waals surface area contributed by atoms with Gasteiger partial charge in [0.05, 0.1) is 13.0 Å². The van der Waals surface area contributed by atoms with Crippen molar-refractivity contribution in [2.75, 3.05) is 26.9 Å². The highest BCUT2D eigenvalue weighted by Crippen LogP contribution is 2.22. The van der Waals surface area contributed by atoms with Gasteiger partial charge in [-0.05, 0) is 29.8 Å². The van der Waals surface area contributed by atoms with Crippen LogP contribution in [0.1, 0.15) is 12.0 Å². The fourth-order valence-electron chi connectivity index (χ4n) is 3.05. The van der Waals surface area contributed by atoms with Gasteiger partial charge in [-0.15, -0.1) is 0 Å². The summed E-state index contributed by atoms with van der Waals surface area (Å²) in [5.74, 6) is 0.424. The van der Waals surface area contributed by atoms with E-state index in [1.807, 2.05) is 42.5 Å². The number of carbonyl (C=O) groups excluding carboxylic acids is 1. The minimum absolute atomic E-state index is 0.0626. The van der Waals surface area contributed by atoms with Crippen LogP contribution in [0.3, 0.4) is 0 Å². The third-order valence-electron chi connectivity index (χ3n) is 4.50. The third-order valence-corrected chi connectivity index (χ3v) is 4.50. The first-order valence-corrected chi connectivity index (χ1v) is 9.04. The summed E-state index contributed by atoms with van der Waals surface area (Å²) in [5, 5.41) is 9.07. The highest BCUT2D eigenvalue weighted by atomic mass is 16.5. The predicted molar refractivity (Wildman–Crippen MR) is 102 cm³/mol. The van der Waals surface area contributed by atoms with Crippen molar-refractivity contribution in [3.05, 3.63) is 54.1 Å². The number of carboxylic acids is 1. The van der Waals surface area contributed by atoms with Gasteiger partial charge < -0.3 is 24.2 Å². The van der Waals surface area contributed by atoms with Gasteiger partial charge in [0.1, 0.15) is 30.5 Å². The van der Waals surface area contributed by atoms with E-state index in [0.29, 0.717) is 31.3 Å². The predicted octanol–water partition coefficient (Wildman–Crippen LogP) is 2.59. The van der Waals surface area contributed by atoms with Crippen molar-refractivity contribution in [1.29, 1.82) is 0 Å². The van der Waals surface area contributed by atoms with Crippen LogP contribution in [0.5, 0.6) is 17.2 Å².